The lowest BCUT2D eigenvalue weighted by molar-refractivity contribution is -0.131. The van der Waals surface area contributed by atoms with Gasteiger partial charge in [0.15, 0.2) is 0 Å². The van der Waals surface area contributed by atoms with Gasteiger partial charge in [0.2, 0.25) is 17.7 Å². The summed E-state index contributed by atoms with van der Waals surface area (Å²) in [7, 11) is 0. The summed E-state index contributed by atoms with van der Waals surface area (Å²) in [4.78, 5) is 61.9. The molecule has 0 saturated carbocycles. The number of aromatic amines is 1. The van der Waals surface area contributed by atoms with Crippen LogP contribution in [0.3, 0.4) is 0 Å². The number of nitrogens with zero attached hydrogens (tertiary/aromatic N) is 1. The van der Waals surface area contributed by atoms with Gasteiger partial charge in [-0.2, -0.15) is 0 Å². The summed E-state index contributed by atoms with van der Waals surface area (Å²) in [6.07, 6.45) is 0.333. The molecule has 6 atom stereocenters. The molecule has 5 aromatic rings. The Hall–Kier alpha value is -6.09. The summed E-state index contributed by atoms with van der Waals surface area (Å²) in [5, 5.41) is 34.5. The second-order valence-electron chi connectivity index (χ2n) is 15.3. The lowest BCUT2D eigenvalue weighted by atomic mass is 9.96. The van der Waals surface area contributed by atoms with Crippen LogP contribution in [-0.2, 0) is 49.9 Å². The van der Waals surface area contributed by atoms with Gasteiger partial charge in [0.1, 0.15) is 18.7 Å². The standard InChI is InChI=1S/C46H56N6O8/c1-30(2)21-38(42(54)24-43(55)49-41(26-53)31(3)59-27-32-13-6-4-7-14-32)50-45(57)40(23-36-25-47-29-48-36)51-44(56)39(52-46(58)60-28-33-15-8-5-9-16-33)22-35-19-12-18-34-17-10-11-20-37(34)35/h4-20,25,29-31,38-42,53-54H,21-24,26-28H2,1-3H3,(H,47,48)(H,49,55)(H,50,57)(H,51,56)(H,52,58)/t31?,38-,39-,40-,41?,42-/m0/s1. The van der Waals surface area contributed by atoms with Gasteiger partial charge in [0.25, 0.3) is 0 Å². The molecular formula is C46H56N6O8. The molecule has 0 radical (unpaired) electrons. The summed E-state index contributed by atoms with van der Waals surface area (Å²) in [6.45, 7) is 5.47. The van der Waals surface area contributed by atoms with Gasteiger partial charge < -0.3 is 45.9 Å². The first-order chi connectivity index (χ1) is 29.0. The van der Waals surface area contributed by atoms with Crippen LogP contribution >= 0.6 is 0 Å². The van der Waals surface area contributed by atoms with E-state index in [1.807, 2.05) is 117 Å². The van der Waals surface area contributed by atoms with Crippen LogP contribution in [0, 0.1) is 5.92 Å². The second kappa shape index (κ2) is 22.9. The van der Waals surface area contributed by atoms with Crippen LogP contribution in [0.2, 0.25) is 0 Å². The highest BCUT2D eigenvalue weighted by atomic mass is 16.5. The molecule has 1 aromatic heterocycles. The summed E-state index contributed by atoms with van der Waals surface area (Å²) in [5.41, 5.74) is 3.06. The zero-order valence-electron chi connectivity index (χ0n) is 34.3. The van der Waals surface area contributed by atoms with Crippen LogP contribution < -0.4 is 21.3 Å². The van der Waals surface area contributed by atoms with Crippen LogP contribution in [-0.4, -0.2) is 87.0 Å². The van der Waals surface area contributed by atoms with Crippen LogP contribution in [0.25, 0.3) is 10.8 Å². The Morgan fingerprint density at radius 3 is 2.02 bits per heavy atom. The van der Waals surface area contributed by atoms with Crippen molar-refractivity contribution in [3.05, 3.63) is 138 Å². The van der Waals surface area contributed by atoms with Gasteiger partial charge in [-0.15, -0.1) is 0 Å². The van der Waals surface area contributed by atoms with Crippen molar-refractivity contribution >= 4 is 34.6 Å². The van der Waals surface area contributed by atoms with Crippen molar-refractivity contribution in [1.82, 2.24) is 31.2 Å². The third kappa shape index (κ3) is 14.0. The fourth-order valence-corrected chi connectivity index (χ4v) is 6.84. The monoisotopic (exact) mass is 820 g/mol. The molecule has 14 heteroatoms. The van der Waals surface area contributed by atoms with Crippen molar-refractivity contribution in [2.75, 3.05) is 6.61 Å². The quantitative estimate of drug-likeness (QED) is 0.0525. The van der Waals surface area contributed by atoms with E-state index in [1.54, 1.807) is 6.92 Å². The fraction of sp³-hybridized carbons (Fsp3) is 0.370. The summed E-state index contributed by atoms with van der Waals surface area (Å²) < 4.78 is 11.4. The van der Waals surface area contributed by atoms with E-state index in [4.69, 9.17) is 9.47 Å². The zero-order chi connectivity index (χ0) is 42.9. The van der Waals surface area contributed by atoms with Crippen LogP contribution in [0.4, 0.5) is 4.79 Å². The Kier molecular flexibility index (Phi) is 17.2. The van der Waals surface area contributed by atoms with Crippen molar-refractivity contribution in [1.29, 1.82) is 0 Å². The van der Waals surface area contributed by atoms with Crippen molar-refractivity contribution in [3.8, 4) is 0 Å². The Morgan fingerprint density at radius 2 is 1.35 bits per heavy atom. The van der Waals surface area contributed by atoms with Gasteiger partial charge in [-0.05, 0) is 46.7 Å². The molecule has 7 N–H and O–H groups in total. The highest BCUT2D eigenvalue weighted by molar-refractivity contribution is 5.93. The number of nitrogens with one attached hydrogen (secondary N) is 5. The molecule has 60 heavy (non-hydrogen) atoms. The predicted molar refractivity (Wildman–Crippen MR) is 227 cm³/mol. The highest BCUT2D eigenvalue weighted by Gasteiger charge is 2.32. The number of carbonyl (C=O) groups is 4. The third-order valence-electron chi connectivity index (χ3n) is 10.1. The van der Waals surface area contributed by atoms with Crippen molar-refractivity contribution in [2.45, 2.75) is 96.0 Å². The summed E-state index contributed by atoms with van der Waals surface area (Å²) in [6, 6.07) is 28.1. The smallest absolute Gasteiger partial charge is 0.408 e. The van der Waals surface area contributed by atoms with Crippen molar-refractivity contribution in [3.63, 3.8) is 0 Å². The molecule has 2 unspecified atom stereocenters. The normalized spacial score (nSPS) is 14.3. The minimum Gasteiger partial charge on any atom is -0.445 e. The van der Waals surface area contributed by atoms with E-state index < -0.39 is 60.2 Å². The van der Waals surface area contributed by atoms with Gasteiger partial charge in [-0.3, -0.25) is 14.4 Å². The SMILES string of the molecule is CC(C)C[C@H](NC(=O)[C@H](Cc1cnc[nH]1)NC(=O)[C@H](Cc1cccc2ccccc12)NC(=O)OCc1ccccc1)[C@@H](O)CC(=O)NC(CO)C(C)OCc1ccccc1. The van der Waals surface area contributed by atoms with Gasteiger partial charge in [-0.25, -0.2) is 9.78 Å². The molecule has 0 aliphatic carbocycles. The molecule has 5 rings (SSSR count). The number of ether oxygens (including phenoxy) is 2. The molecule has 318 valence electrons. The van der Waals surface area contributed by atoms with E-state index in [1.165, 1.54) is 12.5 Å². The number of fused-ring (bicyclic) bond motifs is 1. The van der Waals surface area contributed by atoms with Gasteiger partial charge in [0, 0.05) is 24.7 Å². The number of hydrogen-bond donors (Lipinski definition) is 7. The van der Waals surface area contributed by atoms with Gasteiger partial charge in [-0.1, -0.05) is 117 Å². The largest absolute Gasteiger partial charge is 0.445 e. The zero-order valence-corrected chi connectivity index (χ0v) is 34.3. The molecule has 0 fully saturated rings. The number of aromatic nitrogens is 2. The average molecular weight is 821 g/mol. The van der Waals surface area contributed by atoms with Crippen LogP contribution in [0.15, 0.2) is 116 Å². The number of benzene rings is 4. The lowest BCUT2D eigenvalue weighted by Gasteiger charge is -2.29. The summed E-state index contributed by atoms with van der Waals surface area (Å²) >= 11 is 0. The van der Waals surface area contributed by atoms with E-state index >= 15 is 0 Å². The first-order valence-electron chi connectivity index (χ1n) is 20.2. The molecule has 14 nitrogen and oxygen atoms in total. The van der Waals surface area contributed by atoms with E-state index in [0.717, 1.165) is 27.5 Å². The average Bonchev–Trinajstić information content (AvgIpc) is 3.77. The minimum atomic E-state index is -1.32. The molecule has 0 bridgehead atoms. The maximum Gasteiger partial charge on any atom is 0.408 e. The summed E-state index contributed by atoms with van der Waals surface area (Å²) in [5.74, 6) is -1.79. The molecule has 0 aliphatic rings. The molecule has 1 heterocycles. The number of H-pyrrole nitrogens is 1. The van der Waals surface area contributed by atoms with E-state index in [-0.39, 0.29) is 45.0 Å². The lowest BCUT2D eigenvalue weighted by Crippen LogP contribution is -2.57. The molecular weight excluding hydrogens is 765 g/mol. The number of rotatable bonds is 22. The van der Waals surface area contributed by atoms with E-state index in [9.17, 15) is 29.4 Å². The number of hydrogen-bond acceptors (Lipinski definition) is 9. The van der Waals surface area contributed by atoms with Crippen molar-refractivity contribution in [2.24, 2.45) is 5.92 Å². The maximum absolute atomic E-state index is 14.3. The molecule has 0 spiro atoms. The van der Waals surface area contributed by atoms with E-state index in [0.29, 0.717) is 12.1 Å². The number of amides is 4. The number of aliphatic hydroxyl groups is 2. The first kappa shape index (κ1) is 45.0. The minimum absolute atomic E-state index is 0.00104. The molecule has 4 amide bonds. The Morgan fingerprint density at radius 1 is 0.717 bits per heavy atom. The highest BCUT2D eigenvalue weighted by Crippen LogP contribution is 2.21. The Bertz CT molecular complexity index is 2090. The number of carbonyl (C=O) groups excluding carboxylic acids is 4. The van der Waals surface area contributed by atoms with Gasteiger partial charge >= 0.3 is 6.09 Å². The third-order valence-corrected chi connectivity index (χ3v) is 10.1. The van der Waals surface area contributed by atoms with Gasteiger partial charge in [0.05, 0.1) is 50.3 Å². The maximum atomic E-state index is 14.3. The van der Waals surface area contributed by atoms with Crippen LogP contribution in [0.1, 0.15) is 56.0 Å². The van der Waals surface area contributed by atoms with E-state index in [2.05, 4.69) is 31.2 Å². The topological polar surface area (TPSA) is 204 Å². The number of aliphatic hydroxyl groups excluding tert-OH is 2. The van der Waals surface area contributed by atoms with Crippen molar-refractivity contribution < 1.29 is 38.9 Å². The van der Waals surface area contributed by atoms with Crippen LogP contribution in [0.5, 0.6) is 0 Å². The first-order valence-corrected chi connectivity index (χ1v) is 20.2. The predicted octanol–water partition coefficient (Wildman–Crippen LogP) is 4.49. The molecule has 0 aliphatic heterocycles. The Balaban J connectivity index is 1.29. The number of imidazole rings is 1. The Labute approximate surface area is 350 Å². The molecule has 4 aromatic carbocycles. The molecule has 0 saturated heterocycles. The second-order valence-corrected chi connectivity index (χ2v) is 15.3. The fourth-order valence-electron chi connectivity index (χ4n) is 6.84. The number of alkyl carbamates (subject to hydrolysis) is 1.